The lowest BCUT2D eigenvalue weighted by atomic mass is 10.1. The molecule has 1 aromatic rings. The largest absolute Gasteiger partial charge is 0.482 e. The smallest absolute Gasteiger partial charge is 0.262 e. The molecule has 0 unspecified atom stereocenters. The molecule has 1 heterocycles. The van der Waals surface area contributed by atoms with E-state index in [1.165, 1.54) is 39.1 Å². The molecule has 21 heavy (non-hydrogen) atoms. The van der Waals surface area contributed by atoms with E-state index in [2.05, 4.69) is 5.32 Å². The molecule has 2 N–H and O–H groups in total. The van der Waals surface area contributed by atoms with Crippen molar-refractivity contribution < 1.29 is 23.1 Å². The number of sulfonamides is 1. The molecule has 0 saturated carbocycles. The lowest BCUT2D eigenvalue weighted by Crippen LogP contribution is -2.39. The molecule has 0 bridgehead atoms. The second kappa shape index (κ2) is 5.28. The fourth-order valence-electron chi connectivity index (χ4n) is 2.03. The molecule has 0 aliphatic carbocycles. The minimum atomic E-state index is -3.76. The quantitative estimate of drug-likeness (QED) is 0.839. The molecular weight excluding hydrogens is 296 g/mol. The van der Waals surface area contributed by atoms with Crippen LogP contribution in [0.1, 0.15) is 13.8 Å². The van der Waals surface area contributed by atoms with E-state index in [4.69, 9.17) is 4.74 Å². The predicted octanol–water partition coefficient (Wildman–Crippen LogP) is 0.409. The number of nitrogens with one attached hydrogen (secondary N) is 1. The van der Waals surface area contributed by atoms with Crippen molar-refractivity contribution in [1.29, 1.82) is 0 Å². The first kappa shape index (κ1) is 15.7. The van der Waals surface area contributed by atoms with Crippen LogP contribution in [0.2, 0.25) is 0 Å². The van der Waals surface area contributed by atoms with Gasteiger partial charge in [0.2, 0.25) is 10.0 Å². The zero-order chi connectivity index (χ0) is 15.8. The first-order chi connectivity index (χ1) is 9.59. The molecule has 0 aromatic heterocycles. The molecule has 1 aromatic carbocycles. The van der Waals surface area contributed by atoms with Gasteiger partial charge in [0.1, 0.15) is 5.75 Å². The van der Waals surface area contributed by atoms with Crippen LogP contribution in [0.5, 0.6) is 5.75 Å². The Balaban J connectivity index is 2.33. The van der Waals surface area contributed by atoms with Gasteiger partial charge in [0.15, 0.2) is 6.61 Å². The molecular formula is C13H18N2O5S. The van der Waals surface area contributed by atoms with Gasteiger partial charge in [0.25, 0.3) is 5.91 Å². The van der Waals surface area contributed by atoms with E-state index in [0.717, 1.165) is 4.31 Å². The number of hydrogen-bond donors (Lipinski definition) is 2. The van der Waals surface area contributed by atoms with Crippen LogP contribution in [0, 0.1) is 0 Å². The maximum atomic E-state index is 12.4. The zero-order valence-electron chi connectivity index (χ0n) is 12.1. The van der Waals surface area contributed by atoms with Crippen molar-refractivity contribution in [3.8, 4) is 5.75 Å². The number of amides is 1. The van der Waals surface area contributed by atoms with Gasteiger partial charge >= 0.3 is 0 Å². The van der Waals surface area contributed by atoms with Crippen LogP contribution in [-0.2, 0) is 14.8 Å². The molecule has 2 rings (SSSR count). The van der Waals surface area contributed by atoms with Gasteiger partial charge in [0.05, 0.1) is 16.2 Å². The Bertz CT molecular complexity index is 664. The van der Waals surface area contributed by atoms with Gasteiger partial charge in [-0.15, -0.1) is 0 Å². The van der Waals surface area contributed by atoms with Crippen LogP contribution in [-0.4, -0.2) is 49.5 Å². The maximum absolute atomic E-state index is 12.4. The van der Waals surface area contributed by atoms with Crippen molar-refractivity contribution in [3.63, 3.8) is 0 Å². The molecule has 0 saturated heterocycles. The van der Waals surface area contributed by atoms with Gasteiger partial charge in [-0.25, -0.2) is 8.42 Å². The molecule has 1 aliphatic rings. The first-order valence-electron chi connectivity index (χ1n) is 6.35. The molecule has 0 spiro atoms. The second-order valence-electron chi connectivity index (χ2n) is 5.57. The molecule has 8 heteroatoms. The molecule has 0 radical (unpaired) electrons. The summed E-state index contributed by atoms with van der Waals surface area (Å²) in [5.41, 5.74) is -0.822. The predicted molar refractivity (Wildman–Crippen MR) is 76.7 cm³/mol. The van der Waals surface area contributed by atoms with Crippen molar-refractivity contribution in [2.45, 2.75) is 24.3 Å². The zero-order valence-corrected chi connectivity index (χ0v) is 12.9. The molecule has 0 fully saturated rings. The standard InChI is InChI=1S/C13H18N2O5S/c1-13(2,17)8-15(3)21(18,19)9-4-5-11-10(6-9)14-12(16)7-20-11/h4-6,17H,7-8H2,1-3H3,(H,14,16). The van der Waals surface area contributed by atoms with Crippen molar-refractivity contribution in [3.05, 3.63) is 18.2 Å². The number of carbonyl (C=O) groups excluding carboxylic acids is 1. The van der Waals surface area contributed by atoms with E-state index in [-0.39, 0.29) is 24.0 Å². The fraction of sp³-hybridized carbons (Fsp3) is 0.462. The van der Waals surface area contributed by atoms with Crippen molar-refractivity contribution in [2.75, 3.05) is 25.5 Å². The normalized spacial score (nSPS) is 15.4. The van der Waals surface area contributed by atoms with Gasteiger partial charge < -0.3 is 15.2 Å². The van der Waals surface area contributed by atoms with Crippen LogP contribution in [0.25, 0.3) is 0 Å². The van der Waals surface area contributed by atoms with Crippen molar-refractivity contribution in [1.82, 2.24) is 4.31 Å². The third-order valence-corrected chi connectivity index (χ3v) is 4.70. The minimum Gasteiger partial charge on any atom is -0.482 e. The number of benzene rings is 1. The molecule has 116 valence electrons. The summed E-state index contributed by atoms with van der Waals surface area (Å²) in [5, 5.41) is 12.3. The number of aliphatic hydroxyl groups is 1. The van der Waals surface area contributed by atoms with Gasteiger partial charge in [0, 0.05) is 13.6 Å². The number of anilines is 1. The van der Waals surface area contributed by atoms with E-state index in [1.807, 2.05) is 0 Å². The highest BCUT2D eigenvalue weighted by atomic mass is 32.2. The molecule has 0 atom stereocenters. The number of fused-ring (bicyclic) bond motifs is 1. The van der Waals surface area contributed by atoms with Gasteiger partial charge in [-0.05, 0) is 32.0 Å². The minimum absolute atomic E-state index is 0.0267. The van der Waals surface area contributed by atoms with E-state index in [0.29, 0.717) is 11.4 Å². The van der Waals surface area contributed by atoms with E-state index in [9.17, 15) is 18.3 Å². The molecule has 1 amide bonds. The van der Waals surface area contributed by atoms with Gasteiger partial charge in [-0.3, -0.25) is 4.79 Å². The average Bonchev–Trinajstić information content (AvgIpc) is 2.35. The maximum Gasteiger partial charge on any atom is 0.262 e. The second-order valence-corrected chi connectivity index (χ2v) is 7.61. The summed E-state index contributed by atoms with van der Waals surface area (Å²) in [6.45, 7) is 2.92. The van der Waals surface area contributed by atoms with Crippen LogP contribution in [0.15, 0.2) is 23.1 Å². The first-order valence-corrected chi connectivity index (χ1v) is 7.79. The third kappa shape index (κ3) is 3.52. The van der Waals surface area contributed by atoms with Crippen molar-refractivity contribution >= 4 is 21.6 Å². The Kier molecular flexibility index (Phi) is 3.96. The lowest BCUT2D eigenvalue weighted by Gasteiger charge is -2.25. The van der Waals surface area contributed by atoms with Crippen LogP contribution in [0.4, 0.5) is 5.69 Å². The number of ether oxygens (including phenoxy) is 1. The van der Waals surface area contributed by atoms with E-state index < -0.39 is 15.6 Å². The highest BCUT2D eigenvalue weighted by Crippen LogP contribution is 2.31. The Hall–Kier alpha value is -1.64. The average molecular weight is 314 g/mol. The van der Waals surface area contributed by atoms with Gasteiger partial charge in [-0.2, -0.15) is 4.31 Å². The Morgan fingerprint density at radius 3 is 2.71 bits per heavy atom. The summed E-state index contributed by atoms with van der Waals surface area (Å²) < 4.78 is 31.1. The molecule has 1 aliphatic heterocycles. The summed E-state index contributed by atoms with van der Waals surface area (Å²) in [7, 11) is -2.37. The molecule has 7 nitrogen and oxygen atoms in total. The fourth-order valence-corrected chi connectivity index (χ4v) is 3.39. The highest BCUT2D eigenvalue weighted by molar-refractivity contribution is 7.89. The van der Waals surface area contributed by atoms with E-state index in [1.54, 1.807) is 0 Å². The number of carbonyl (C=O) groups is 1. The topological polar surface area (TPSA) is 95.9 Å². The van der Waals surface area contributed by atoms with Gasteiger partial charge in [-0.1, -0.05) is 0 Å². The Labute approximate surface area is 123 Å². The number of likely N-dealkylation sites (N-methyl/N-ethyl adjacent to an activating group) is 1. The van der Waals surface area contributed by atoms with Crippen LogP contribution in [0.3, 0.4) is 0 Å². The summed E-state index contributed by atoms with van der Waals surface area (Å²) in [4.78, 5) is 11.3. The summed E-state index contributed by atoms with van der Waals surface area (Å²) in [6.07, 6.45) is 0. The van der Waals surface area contributed by atoms with Crippen LogP contribution < -0.4 is 10.1 Å². The summed E-state index contributed by atoms with van der Waals surface area (Å²) in [5.74, 6) is 0.0978. The lowest BCUT2D eigenvalue weighted by molar-refractivity contribution is -0.118. The monoisotopic (exact) mass is 314 g/mol. The number of hydrogen-bond acceptors (Lipinski definition) is 5. The highest BCUT2D eigenvalue weighted by Gasteiger charge is 2.28. The Morgan fingerprint density at radius 1 is 1.43 bits per heavy atom. The number of nitrogens with zero attached hydrogens (tertiary/aromatic N) is 1. The van der Waals surface area contributed by atoms with Crippen LogP contribution >= 0.6 is 0 Å². The third-order valence-electron chi connectivity index (χ3n) is 2.90. The summed E-state index contributed by atoms with van der Waals surface area (Å²) >= 11 is 0. The van der Waals surface area contributed by atoms with Crippen molar-refractivity contribution in [2.24, 2.45) is 0 Å². The SMILES string of the molecule is CN(CC(C)(C)O)S(=O)(=O)c1ccc2c(c1)NC(=O)CO2. The summed E-state index contributed by atoms with van der Waals surface area (Å²) in [6, 6.07) is 4.26. The number of rotatable bonds is 4. The Morgan fingerprint density at radius 2 is 2.10 bits per heavy atom. The van der Waals surface area contributed by atoms with E-state index >= 15 is 0 Å².